The summed E-state index contributed by atoms with van der Waals surface area (Å²) in [7, 11) is 0. The van der Waals surface area contributed by atoms with Gasteiger partial charge in [-0.1, -0.05) is 24.3 Å². The molecular formula is C16H17NO2. The minimum atomic E-state index is 0.111. The van der Waals surface area contributed by atoms with Crippen LogP contribution in [0.3, 0.4) is 0 Å². The molecule has 0 N–H and O–H groups in total. The maximum atomic E-state index is 11.9. The van der Waals surface area contributed by atoms with Crippen LogP contribution in [0.4, 0.5) is 0 Å². The standard InChI is InChI=1S/C16H17NO2/c1-2-19-10-16(18)13-9-12(13)15-8-7-11-5-3-4-6-14(11)17-15/h3-8,12-13H,2,9-10H2,1H3/t12-,13-/m0/s1. The van der Waals surface area contributed by atoms with Crippen LogP contribution in [0.15, 0.2) is 36.4 Å². The van der Waals surface area contributed by atoms with E-state index < -0.39 is 0 Å². The summed E-state index contributed by atoms with van der Waals surface area (Å²) in [5.41, 5.74) is 2.04. The van der Waals surface area contributed by atoms with E-state index in [0.29, 0.717) is 6.61 Å². The Morgan fingerprint density at radius 1 is 1.32 bits per heavy atom. The third-order valence-corrected chi connectivity index (χ3v) is 3.65. The van der Waals surface area contributed by atoms with Gasteiger partial charge in [-0.25, -0.2) is 0 Å². The molecule has 2 aromatic rings. The Morgan fingerprint density at radius 2 is 2.16 bits per heavy atom. The average Bonchev–Trinajstić information content (AvgIpc) is 3.24. The first-order valence-corrected chi connectivity index (χ1v) is 6.75. The molecule has 0 saturated heterocycles. The lowest BCUT2D eigenvalue weighted by molar-refractivity contribution is -0.124. The van der Waals surface area contributed by atoms with E-state index in [1.54, 1.807) is 0 Å². The van der Waals surface area contributed by atoms with Gasteiger partial charge in [0.1, 0.15) is 6.61 Å². The molecule has 1 aromatic heterocycles. The summed E-state index contributed by atoms with van der Waals surface area (Å²) < 4.78 is 5.18. The van der Waals surface area contributed by atoms with Gasteiger partial charge in [0.2, 0.25) is 0 Å². The van der Waals surface area contributed by atoms with Crippen LogP contribution in [0.2, 0.25) is 0 Å². The van der Waals surface area contributed by atoms with Crippen LogP contribution in [0.25, 0.3) is 10.9 Å². The number of fused-ring (bicyclic) bond motifs is 1. The van der Waals surface area contributed by atoms with E-state index in [2.05, 4.69) is 17.1 Å². The number of ketones is 1. The lowest BCUT2D eigenvalue weighted by Crippen LogP contribution is -2.11. The fraction of sp³-hybridized carbons (Fsp3) is 0.375. The normalized spacial score (nSPS) is 21.5. The number of rotatable bonds is 5. The summed E-state index contributed by atoms with van der Waals surface area (Å²) in [6.45, 7) is 2.74. The van der Waals surface area contributed by atoms with Crippen LogP contribution in [-0.2, 0) is 9.53 Å². The number of benzene rings is 1. The van der Waals surface area contributed by atoms with Gasteiger partial charge in [-0.05, 0) is 25.5 Å². The Morgan fingerprint density at radius 3 is 3.00 bits per heavy atom. The van der Waals surface area contributed by atoms with Crippen molar-refractivity contribution in [1.82, 2.24) is 4.98 Å². The number of para-hydroxylation sites is 1. The topological polar surface area (TPSA) is 39.2 Å². The molecule has 1 saturated carbocycles. The molecule has 1 fully saturated rings. The van der Waals surface area contributed by atoms with E-state index in [9.17, 15) is 4.79 Å². The number of ether oxygens (including phenoxy) is 1. The lowest BCUT2D eigenvalue weighted by atomic mass is 10.1. The van der Waals surface area contributed by atoms with E-state index in [4.69, 9.17) is 4.74 Å². The van der Waals surface area contributed by atoms with Crippen LogP contribution in [0.1, 0.15) is 25.0 Å². The Labute approximate surface area is 112 Å². The molecule has 0 aliphatic heterocycles. The number of hydrogen-bond donors (Lipinski definition) is 0. The van der Waals surface area contributed by atoms with Crippen molar-refractivity contribution >= 4 is 16.7 Å². The van der Waals surface area contributed by atoms with Crippen molar-refractivity contribution in [3.8, 4) is 0 Å². The molecular weight excluding hydrogens is 238 g/mol. The number of pyridine rings is 1. The highest BCUT2D eigenvalue weighted by Crippen LogP contribution is 2.47. The van der Waals surface area contributed by atoms with Gasteiger partial charge in [0.15, 0.2) is 5.78 Å². The summed E-state index contributed by atoms with van der Waals surface area (Å²) in [5.74, 6) is 0.611. The smallest absolute Gasteiger partial charge is 0.162 e. The minimum Gasteiger partial charge on any atom is -0.374 e. The molecule has 3 heteroatoms. The number of aromatic nitrogens is 1. The highest BCUT2D eigenvalue weighted by molar-refractivity contribution is 5.86. The van der Waals surface area contributed by atoms with E-state index in [1.165, 1.54) is 0 Å². The van der Waals surface area contributed by atoms with Gasteiger partial charge in [-0.15, -0.1) is 0 Å². The fourth-order valence-electron chi connectivity index (χ4n) is 2.48. The number of nitrogens with zero attached hydrogens (tertiary/aromatic N) is 1. The number of hydrogen-bond acceptors (Lipinski definition) is 3. The molecule has 1 heterocycles. The van der Waals surface area contributed by atoms with Crippen LogP contribution < -0.4 is 0 Å². The van der Waals surface area contributed by atoms with Crippen molar-refractivity contribution in [2.45, 2.75) is 19.3 Å². The molecule has 0 amide bonds. The van der Waals surface area contributed by atoms with Crippen LogP contribution in [0, 0.1) is 5.92 Å². The van der Waals surface area contributed by atoms with Gasteiger partial charge < -0.3 is 4.74 Å². The fourth-order valence-corrected chi connectivity index (χ4v) is 2.48. The number of carbonyl (C=O) groups excluding carboxylic acids is 1. The Kier molecular flexibility index (Phi) is 3.30. The molecule has 19 heavy (non-hydrogen) atoms. The Balaban J connectivity index is 1.74. The van der Waals surface area contributed by atoms with E-state index in [1.807, 2.05) is 31.2 Å². The molecule has 98 valence electrons. The summed E-state index contributed by atoms with van der Waals surface area (Å²) in [6.07, 6.45) is 0.914. The maximum Gasteiger partial charge on any atom is 0.162 e. The van der Waals surface area contributed by atoms with Gasteiger partial charge in [0, 0.05) is 29.5 Å². The van der Waals surface area contributed by atoms with Crippen molar-refractivity contribution in [2.24, 2.45) is 5.92 Å². The molecule has 0 radical (unpaired) electrons. The maximum absolute atomic E-state index is 11.9. The predicted octanol–water partition coefficient (Wildman–Crippen LogP) is 2.94. The largest absolute Gasteiger partial charge is 0.374 e. The zero-order chi connectivity index (χ0) is 13.2. The van der Waals surface area contributed by atoms with Gasteiger partial charge >= 0.3 is 0 Å². The molecule has 1 aromatic carbocycles. The first-order valence-electron chi connectivity index (χ1n) is 6.75. The van der Waals surface area contributed by atoms with Gasteiger partial charge in [0.05, 0.1) is 5.52 Å². The zero-order valence-corrected chi connectivity index (χ0v) is 11.0. The highest BCUT2D eigenvalue weighted by Gasteiger charge is 2.44. The van der Waals surface area contributed by atoms with E-state index in [0.717, 1.165) is 23.0 Å². The first kappa shape index (κ1) is 12.3. The third-order valence-electron chi connectivity index (χ3n) is 3.65. The number of Topliss-reactive ketones (excluding diaryl/α,β-unsaturated/α-hetero) is 1. The minimum absolute atomic E-state index is 0.111. The highest BCUT2D eigenvalue weighted by atomic mass is 16.5. The van der Waals surface area contributed by atoms with Crippen LogP contribution >= 0.6 is 0 Å². The molecule has 3 rings (SSSR count). The molecule has 0 unspecified atom stereocenters. The second-order valence-electron chi connectivity index (χ2n) is 4.98. The molecule has 2 atom stereocenters. The second-order valence-corrected chi connectivity index (χ2v) is 4.98. The average molecular weight is 255 g/mol. The van der Waals surface area contributed by atoms with Crippen molar-refractivity contribution in [3.63, 3.8) is 0 Å². The lowest BCUT2D eigenvalue weighted by Gasteiger charge is -2.03. The van der Waals surface area contributed by atoms with E-state index >= 15 is 0 Å². The summed E-state index contributed by atoms with van der Waals surface area (Å²) in [6, 6.07) is 12.2. The Hall–Kier alpha value is -1.74. The molecule has 1 aliphatic carbocycles. The predicted molar refractivity (Wildman–Crippen MR) is 74.1 cm³/mol. The van der Waals surface area contributed by atoms with Gasteiger partial charge in [-0.2, -0.15) is 0 Å². The molecule has 0 spiro atoms. The summed E-state index contributed by atoms with van der Waals surface area (Å²) in [5, 5.41) is 1.14. The monoisotopic (exact) mass is 255 g/mol. The SMILES string of the molecule is CCOCC(=O)[C@H]1C[C@@H]1c1ccc2ccccc2n1. The van der Waals surface area contributed by atoms with E-state index in [-0.39, 0.29) is 24.2 Å². The van der Waals surface area contributed by atoms with Gasteiger partial charge in [0.25, 0.3) is 0 Å². The third kappa shape index (κ3) is 2.51. The molecule has 1 aliphatic rings. The summed E-state index contributed by atoms with van der Waals surface area (Å²) >= 11 is 0. The second kappa shape index (κ2) is 5.10. The van der Waals surface area contributed by atoms with Crippen molar-refractivity contribution in [1.29, 1.82) is 0 Å². The Bertz CT molecular complexity index is 608. The van der Waals surface area contributed by atoms with Crippen molar-refractivity contribution in [3.05, 3.63) is 42.1 Å². The first-order chi connectivity index (χ1) is 9.29. The van der Waals surface area contributed by atoms with Crippen LogP contribution in [-0.4, -0.2) is 24.0 Å². The van der Waals surface area contributed by atoms with Crippen molar-refractivity contribution < 1.29 is 9.53 Å². The number of carbonyl (C=O) groups is 1. The molecule has 0 bridgehead atoms. The van der Waals surface area contributed by atoms with Crippen LogP contribution in [0.5, 0.6) is 0 Å². The van der Waals surface area contributed by atoms with Crippen molar-refractivity contribution in [2.75, 3.05) is 13.2 Å². The summed E-state index contributed by atoms with van der Waals surface area (Å²) in [4.78, 5) is 16.5. The zero-order valence-electron chi connectivity index (χ0n) is 11.0. The van der Waals surface area contributed by atoms with Gasteiger partial charge in [-0.3, -0.25) is 9.78 Å². The molecule has 3 nitrogen and oxygen atoms in total. The quantitative estimate of drug-likeness (QED) is 0.824.